The van der Waals surface area contributed by atoms with Crippen LogP contribution in [-0.4, -0.2) is 16.0 Å². The van der Waals surface area contributed by atoms with Crippen molar-refractivity contribution >= 4 is 11.7 Å². The number of aliphatic carboxylic acids is 1. The van der Waals surface area contributed by atoms with Gasteiger partial charge in [-0.05, 0) is 12.5 Å². The van der Waals surface area contributed by atoms with Crippen LogP contribution < -0.4 is 0 Å². The van der Waals surface area contributed by atoms with Crippen molar-refractivity contribution in [3.05, 3.63) is 64.0 Å². The molecule has 21 heavy (non-hydrogen) atoms. The monoisotopic (exact) mass is 289 g/mol. The predicted molar refractivity (Wildman–Crippen MR) is 74.5 cm³/mol. The van der Waals surface area contributed by atoms with Crippen LogP contribution in [0.15, 0.2) is 42.5 Å². The highest BCUT2D eigenvalue weighted by molar-refractivity contribution is 5.79. The molecule has 0 spiro atoms. The van der Waals surface area contributed by atoms with Crippen molar-refractivity contribution in [3.63, 3.8) is 0 Å². The van der Waals surface area contributed by atoms with Crippen molar-refractivity contribution in [2.75, 3.05) is 0 Å². The van der Waals surface area contributed by atoms with E-state index in [9.17, 15) is 19.3 Å². The van der Waals surface area contributed by atoms with Crippen molar-refractivity contribution in [2.24, 2.45) is 0 Å². The molecule has 0 fully saturated rings. The molecule has 0 radical (unpaired) electrons. The van der Waals surface area contributed by atoms with Gasteiger partial charge in [0.2, 0.25) is 5.82 Å². The number of carbonyl (C=O) groups is 1. The maximum Gasteiger partial charge on any atom is 0.310 e. The standard InChI is InChI=1S/C15H12FNO4/c1-9(15(18)19)11-7-8-12(10-5-3-2-4-6-10)13(16)14(11)17(20)21/h2-9H,1H3,(H,18,19). The fourth-order valence-electron chi connectivity index (χ4n) is 2.09. The molecule has 0 saturated carbocycles. The molecule has 1 unspecified atom stereocenters. The molecule has 2 aromatic carbocycles. The van der Waals surface area contributed by atoms with Gasteiger partial charge < -0.3 is 5.11 Å². The first-order valence-electron chi connectivity index (χ1n) is 6.18. The number of benzene rings is 2. The topological polar surface area (TPSA) is 80.4 Å². The summed E-state index contributed by atoms with van der Waals surface area (Å²) < 4.78 is 14.5. The number of nitro groups is 1. The van der Waals surface area contributed by atoms with E-state index in [1.807, 2.05) is 0 Å². The summed E-state index contributed by atoms with van der Waals surface area (Å²) in [6, 6.07) is 11.0. The maximum atomic E-state index is 14.5. The van der Waals surface area contributed by atoms with E-state index < -0.39 is 28.3 Å². The van der Waals surface area contributed by atoms with Gasteiger partial charge in [0.15, 0.2) is 0 Å². The lowest BCUT2D eigenvalue weighted by Gasteiger charge is -2.11. The second kappa shape index (κ2) is 5.70. The third kappa shape index (κ3) is 2.74. The number of carboxylic acids is 1. The molecular formula is C15H12FNO4. The lowest BCUT2D eigenvalue weighted by molar-refractivity contribution is -0.388. The Hall–Kier alpha value is -2.76. The Morgan fingerprint density at radius 1 is 1.24 bits per heavy atom. The summed E-state index contributed by atoms with van der Waals surface area (Å²) in [5, 5.41) is 20.1. The average molecular weight is 289 g/mol. The van der Waals surface area contributed by atoms with Gasteiger partial charge in [-0.15, -0.1) is 0 Å². The van der Waals surface area contributed by atoms with E-state index in [0.717, 1.165) is 0 Å². The number of hydrogen-bond donors (Lipinski definition) is 1. The smallest absolute Gasteiger partial charge is 0.310 e. The van der Waals surface area contributed by atoms with Crippen LogP contribution in [0, 0.1) is 15.9 Å². The summed E-state index contributed by atoms with van der Waals surface area (Å²) in [5.74, 6) is -3.42. The minimum Gasteiger partial charge on any atom is -0.481 e. The normalized spacial score (nSPS) is 11.9. The Morgan fingerprint density at radius 2 is 1.86 bits per heavy atom. The second-order valence-corrected chi connectivity index (χ2v) is 4.55. The quantitative estimate of drug-likeness (QED) is 0.689. The molecule has 0 aliphatic rings. The Labute approximate surface area is 119 Å². The van der Waals surface area contributed by atoms with Crippen LogP contribution in [0.1, 0.15) is 18.4 Å². The molecule has 0 bridgehead atoms. The van der Waals surface area contributed by atoms with E-state index in [-0.39, 0.29) is 11.1 Å². The molecule has 0 aliphatic carbocycles. The molecule has 5 nitrogen and oxygen atoms in total. The Bertz CT molecular complexity index is 700. The van der Waals surface area contributed by atoms with Crippen molar-refractivity contribution in [1.82, 2.24) is 0 Å². The van der Waals surface area contributed by atoms with E-state index >= 15 is 0 Å². The summed E-state index contributed by atoms with van der Waals surface area (Å²) in [4.78, 5) is 21.2. The van der Waals surface area contributed by atoms with Crippen molar-refractivity contribution in [3.8, 4) is 11.1 Å². The summed E-state index contributed by atoms with van der Waals surface area (Å²) in [6.45, 7) is 1.28. The lowest BCUT2D eigenvalue weighted by Crippen LogP contribution is -2.11. The fourth-order valence-corrected chi connectivity index (χ4v) is 2.09. The van der Waals surface area contributed by atoms with Crippen molar-refractivity contribution in [1.29, 1.82) is 0 Å². The zero-order valence-corrected chi connectivity index (χ0v) is 11.1. The first-order valence-corrected chi connectivity index (χ1v) is 6.18. The van der Waals surface area contributed by atoms with Gasteiger partial charge in [0.25, 0.3) is 0 Å². The Morgan fingerprint density at radius 3 is 2.38 bits per heavy atom. The number of hydrogen-bond acceptors (Lipinski definition) is 3. The summed E-state index contributed by atoms with van der Waals surface area (Å²) in [7, 11) is 0. The third-order valence-corrected chi connectivity index (χ3v) is 3.25. The van der Waals surface area contributed by atoms with Crippen LogP contribution >= 0.6 is 0 Å². The molecule has 2 aromatic rings. The fraction of sp³-hybridized carbons (Fsp3) is 0.133. The Kier molecular flexibility index (Phi) is 3.98. The molecule has 6 heteroatoms. The number of carboxylic acid groups (broad SMARTS) is 1. The van der Waals surface area contributed by atoms with Gasteiger partial charge in [0, 0.05) is 11.1 Å². The number of rotatable bonds is 4. The minimum atomic E-state index is -1.25. The summed E-state index contributed by atoms with van der Waals surface area (Å²) in [6.07, 6.45) is 0. The lowest BCUT2D eigenvalue weighted by atomic mass is 9.95. The first-order chi connectivity index (χ1) is 9.93. The molecule has 108 valence electrons. The van der Waals surface area contributed by atoms with Crippen LogP contribution in [-0.2, 0) is 4.79 Å². The Balaban J connectivity index is 2.67. The highest BCUT2D eigenvalue weighted by Crippen LogP contribution is 2.35. The molecule has 2 rings (SSSR count). The highest BCUT2D eigenvalue weighted by atomic mass is 19.1. The summed E-state index contributed by atoms with van der Waals surface area (Å²) >= 11 is 0. The van der Waals surface area contributed by atoms with Crippen molar-refractivity contribution < 1.29 is 19.2 Å². The van der Waals surface area contributed by atoms with E-state index in [1.54, 1.807) is 30.3 Å². The molecule has 0 saturated heterocycles. The van der Waals surface area contributed by atoms with Gasteiger partial charge in [-0.2, -0.15) is 4.39 Å². The molecule has 0 heterocycles. The third-order valence-electron chi connectivity index (χ3n) is 3.25. The number of nitrogens with zero attached hydrogens (tertiary/aromatic N) is 1. The van der Waals surface area contributed by atoms with Crippen LogP contribution in [0.5, 0.6) is 0 Å². The highest BCUT2D eigenvalue weighted by Gasteiger charge is 2.29. The largest absolute Gasteiger partial charge is 0.481 e. The van der Waals surface area contributed by atoms with Crippen LogP contribution in [0.3, 0.4) is 0 Å². The van der Waals surface area contributed by atoms with E-state index in [2.05, 4.69) is 0 Å². The zero-order valence-electron chi connectivity index (χ0n) is 11.1. The molecule has 1 atom stereocenters. The first kappa shape index (κ1) is 14.6. The molecule has 0 aromatic heterocycles. The van der Waals surface area contributed by atoms with Gasteiger partial charge >= 0.3 is 11.7 Å². The van der Waals surface area contributed by atoms with Crippen LogP contribution in [0.25, 0.3) is 11.1 Å². The molecular weight excluding hydrogens is 277 g/mol. The predicted octanol–water partition coefficient (Wildman–Crippen LogP) is 3.59. The van der Waals surface area contributed by atoms with E-state index in [0.29, 0.717) is 5.56 Å². The van der Waals surface area contributed by atoms with Crippen LogP contribution in [0.2, 0.25) is 0 Å². The molecule has 0 aliphatic heterocycles. The van der Waals surface area contributed by atoms with Gasteiger partial charge in [0.1, 0.15) is 0 Å². The van der Waals surface area contributed by atoms with Gasteiger partial charge in [-0.3, -0.25) is 14.9 Å². The number of halogens is 1. The second-order valence-electron chi connectivity index (χ2n) is 4.55. The zero-order chi connectivity index (χ0) is 15.6. The van der Waals surface area contributed by atoms with E-state index in [4.69, 9.17) is 5.11 Å². The van der Waals surface area contributed by atoms with Crippen molar-refractivity contribution in [2.45, 2.75) is 12.8 Å². The average Bonchev–Trinajstić information content (AvgIpc) is 2.46. The SMILES string of the molecule is CC(C(=O)O)c1ccc(-c2ccccc2)c(F)c1[N+](=O)[O-]. The van der Waals surface area contributed by atoms with Crippen LogP contribution in [0.4, 0.5) is 10.1 Å². The molecule has 1 N–H and O–H groups in total. The van der Waals surface area contributed by atoms with Gasteiger partial charge in [0.05, 0.1) is 10.8 Å². The summed E-state index contributed by atoms with van der Waals surface area (Å²) in [5.41, 5.74) is -0.368. The van der Waals surface area contributed by atoms with Gasteiger partial charge in [-0.1, -0.05) is 42.5 Å². The van der Waals surface area contributed by atoms with E-state index in [1.165, 1.54) is 19.1 Å². The minimum absolute atomic E-state index is 0.0728. The maximum absolute atomic E-state index is 14.5. The van der Waals surface area contributed by atoms with Gasteiger partial charge in [-0.25, -0.2) is 0 Å². The molecule has 0 amide bonds. The number of nitro benzene ring substituents is 1.